The molecular formula is C54H65N13O6S. The molecule has 7 heterocycles. The molecule has 2 aromatic carbocycles. The third kappa shape index (κ3) is 11.8. The highest BCUT2D eigenvalue weighted by molar-refractivity contribution is 7.13. The Kier molecular flexibility index (Phi) is 15.8. The summed E-state index contributed by atoms with van der Waals surface area (Å²) in [6, 6.07) is 18.3. The summed E-state index contributed by atoms with van der Waals surface area (Å²) >= 11 is 1.58. The van der Waals surface area contributed by atoms with Gasteiger partial charge in [-0.1, -0.05) is 63.2 Å². The number of carbonyl (C=O) groups excluding carboxylic acids is 5. The second-order valence-corrected chi connectivity index (χ2v) is 21.3. The molecule has 19 nitrogen and oxygen atoms in total. The zero-order valence-corrected chi connectivity index (χ0v) is 43.2. The van der Waals surface area contributed by atoms with Crippen LogP contribution in [0.25, 0.3) is 27.2 Å². The van der Waals surface area contributed by atoms with Gasteiger partial charge in [-0.15, -0.1) is 11.3 Å². The number of hydrogen-bond acceptors (Lipinski definition) is 14. The molecule has 74 heavy (non-hydrogen) atoms. The molecule has 9 rings (SSSR count). The van der Waals surface area contributed by atoms with E-state index >= 15 is 0 Å². The van der Waals surface area contributed by atoms with E-state index in [1.807, 2.05) is 85.1 Å². The normalized spacial score (nSPS) is 18.9. The Morgan fingerprint density at radius 3 is 2.24 bits per heavy atom. The first-order valence-electron chi connectivity index (χ1n) is 25.4. The van der Waals surface area contributed by atoms with E-state index in [-0.39, 0.29) is 55.6 Å². The molecule has 3 fully saturated rings. The number of pyridine rings is 1. The van der Waals surface area contributed by atoms with Crippen molar-refractivity contribution in [1.82, 2.24) is 54.6 Å². The number of nitrogens with zero attached hydrogens (tertiary/aromatic N) is 9. The Morgan fingerprint density at radius 2 is 1.57 bits per heavy atom. The van der Waals surface area contributed by atoms with Crippen LogP contribution in [0.4, 0.5) is 11.6 Å². The lowest BCUT2D eigenvalue weighted by molar-refractivity contribution is -0.144. The van der Waals surface area contributed by atoms with Gasteiger partial charge in [-0.25, -0.2) is 19.9 Å². The summed E-state index contributed by atoms with van der Waals surface area (Å²) in [7, 11) is 0. The number of anilines is 2. The predicted octanol–water partition coefficient (Wildman–Crippen LogP) is 4.93. The summed E-state index contributed by atoms with van der Waals surface area (Å²) in [5.41, 5.74) is 13.0. The topological polar surface area (TPSA) is 237 Å². The first-order valence-corrected chi connectivity index (χ1v) is 26.2. The molecule has 6 aromatic rings. The molecule has 388 valence electrons. The van der Waals surface area contributed by atoms with E-state index in [4.69, 9.17) is 10.7 Å². The third-order valence-corrected chi connectivity index (χ3v) is 15.3. The smallest absolute Gasteiger partial charge is 0.256 e. The number of likely N-dealkylation sites (tertiary alicyclic amines) is 2. The van der Waals surface area contributed by atoms with Gasteiger partial charge >= 0.3 is 0 Å². The molecule has 3 saturated heterocycles. The van der Waals surface area contributed by atoms with Crippen LogP contribution in [0.3, 0.4) is 0 Å². The van der Waals surface area contributed by atoms with Crippen molar-refractivity contribution in [3.63, 3.8) is 0 Å². The molecule has 6 N–H and O–H groups in total. The van der Waals surface area contributed by atoms with Crippen molar-refractivity contribution in [1.29, 1.82) is 0 Å². The number of fused-ring (bicyclic) bond motifs is 1. The Hall–Kier alpha value is -7.13. The summed E-state index contributed by atoms with van der Waals surface area (Å²) in [5.74, 6) is 0.233. The van der Waals surface area contributed by atoms with E-state index in [1.165, 1.54) is 4.90 Å². The van der Waals surface area contributed by atoms with Crippen LogP contribution in [-0.2, 0) is 25.7 Å². The van der Waals surface area contributed by atoms with Crippen LogP contribution in [0.1, 0.15) is 86.4 Å². The van der Waals surface area contributed by atoms with E-state index in [0.717, 1.165) is 66.3 Å². The molecule has 3 aliphatic heterocycles. The number of β-amino-alcohol motifs (C(OH)–C–C–N with tert-alkyl or cyclic N) is 1. The fraction of sp³-hybridized carbons (Fsp3) is 0.426. The van der Waals surface area contributed by atoms with Crippen LogP contribution < -0.4 is 21.7 Å². The highest BCUT2D eigenvalue weighted by atomic mass is 32.1. The number of nitrogens with two attached hydrogens (primary N) is 1. The minimum Gasteiger partial charge on any atom is -0.391 e. The van der Waals surface area contributed by atoms with Gasteiger partial charge in [0.1, 0.15) is 40.8 Å². The number of piperazine rings is 1. The van der Waals surface area contributed by atoms with Crippen molar-refractivity contribution in [2.75, 3.05) is 63.4 Å². The van der Waals surface area contributed by atoms with Gasteiger partial charge in [-0.3, -0.25) is 28.4 Å². The zero-order valence-electron chi connectivity index (χ0n) is 42.4. The summed E-state index contributed by atoms with van der Waals surface area (Å²) in [5, 5.41) is 19.4. The number of thiazole rings is 1. The first-order chi connectivity index (χ1) is 35.6. The summed E-state index contributed by atoms with van der Waals surface area (Å²) in [6.45, 7) is 12.5. The van der Waals surface area contributed by atoms with Gasteiger partial charge in [-0.05, 0) is 60.6 Å². The number of aryl methyl sites for hydroxylation is 1. The number of aromatic nitrogens is 5. The second kappa shape index (κ2) is 22.6. The first kappa shape index (κ1) is 51.8. The third-order valence-electron chi connectivity index (χ3n) is 14.3. The fourth-order valence-corrected chi connectivity index (χ4v) is 11.0. The number of imidazole rings is 1. The summed E-state index contributed by atoms with van der Waals surface area (Å²) in [4.78, 5) is 95.1. The van der Waals surface area contributed by atoms with E-state index in [2.05, 4.69) is 40.7 Å². The lowest BCUT2D eigenvalue weighted by atomic mass is 9.85. The average Bonchev–Trinajstić information content (AvgIpc) is 4.23. The van der Waals surface area contributed by atoms with Crippen LogP contribution >= 0.6 is 11.3 Å². The van der Waals surface area contributed by atoms with Crippen molar-refractivity contribution in [3.05, 3.63) is 113 Å². The van der Waals surface area contributed by atoms with Crippen LogP contribution in [0.15, 0.2) is 90.8 Å². The van der Waals surface area contributed by atoms with E-state index in [9.17, 15) is 29.1 Å². The number of hydrogen-bond donors (Lipinski definition) is 5. The van der Waals surface area contributed by atoms with Crippen LogP contribution in [-0.4, -0.2) is 149 Å². The molecular weight excluding hydrogens is 959 g/mol. The van der Waals surface area contributed by atoms with Crippen molar-refractivity contribution in [2.24, 2.45) is 5.41 Å². The maximum Gasteiger partial charge on any atom is 0.256 e. The van der Waals surface area contributed by atoms with Gasteiger partial charge in [0, 0.05) is 108 Å². The molecule has 20 heteroatoms. The van der Waals surface area contributed by atoms with Crippen molar-refractivity contribution < 1.29 is 29.1 Å². The maximum atomic E-state index is 14.2. The van der Waals surface area contributed by atoms with Crippen LogP contribution in [0, 0.1) is 12.3 Å². The predicted molar refractivity (Wildman–Crippen MR) is 282 cm³/mol. The molecule has 3 aliphatic rings. The van der Waals surface area contributed by atoms with Gasteiger partial charge in [0.15, 0.2) is 0 Å². The quantitative estimate of drug-likeness (QED) is 0.0867. The van der Waals surface area contributed by atoms with Gasteiger partial charge in [-0.2, -0.15) is 0 Å². The number of aliphatic hydroxyl groups excluding tert-OH is 1. The minimum atomic E-state index is -0.912. The largest absolute Gasteiger partial charge is 0.391 e. The zero-order chi connectivity index (χ0) is 52.1. The second-order valence-electron chi connectivity index (χ2n) is 20.5. The Bertz CT molecular complexity index is 2970. The Balaban J connectivity index is 0.742. The molecule has 0 bridgehead atoms. The molecule has 5 amide bonds. The van der Waals surface area contributed by atoms with Crippen LogP contribution in [0.5, 0.6) is 0 Å². The maximum absolute atomic E-state index is 14.2. The molecule has 4 aromatic heterocycles. The van der Waals surface area contributed by atoms with E-state index in [1.54, 1.807) is 54.1 Å². The standard InChI is InChI=1S/C54H65N13O6S/c1-34-47(74-33-59-34)37-12-10-35(11-13-37)31-58-52(72)41-30-39(68)32-67(41)53(73)48(54(2,3)4)61-43(69)18-23-63-26-28-64(29-27-63)24-19-44(70)65-22-7-8-40(65)50-62-45(46-49(55)57-21-25-66(46)50)36-14-16-38(17-15-36)51(71)60-42-9-5-6-20-56-42/h5-6,9-17,20-21,25,33,39-41,48,68H,7-8,18-19,22-24,26-32H2,1-4H3,(H2,55,57)(H,58,72)(H,61,69)(H,56,60,71)/t39-,40+,41+,48-/m1/s1. The number of nitrogen functional groups attached to an aromatic ring is 1. The number of benzene rings is 2. The van der Waals surface area contributed by atoms with Crippen molar-refractivity contribution >= 4 is 58.0 Å². The van der Waals surface area contributed by atoms with Gasteiger partial charge in [0.05, 0.1) is 28.2 Å². The summed E-state index contributed by atoms with van der Waals surface area (Å²) < 4.78 is 1.93. The van der Waals surface area contributed by atoms with Crippen molar-refractivity contribution in [3.8, 4) is 21.7 Å². The Morgan fingerprint density at radius 1 is 0.851 bits per heavy atom. The average molecular weight is 1020 g/mol. The highest BCUT2D eigenvalue weighted by Gasteiger charge is 2.44. The molecule has 0 unspecified atom stereocenters. The molecule has 0 aliphatic carbocycles. The SMILES string of the molecule is Cc1ncsc1-c1ccc(CNC(=O)[C@@H]2C[C@@H](O)CN2C(=O)[C@@H](NC(=O)CCN2CCN(CCC(=O)N3CCC[C@H]3c3nc(-c4ccc(C(=O)Nc5ccccn5)cc4)c4c(N)nccn34)CC2)C(C)(C)C)cc1. The van der Waals surface area contributed by atoms with Gasteiger partial charge in [0.25, 0.3) is 5.91 Å². The lowest BCUT2D eigenvalue weighted by Crippen LogP contribution is -2.58. The fourth-order valence-electron chi connectivity index (χ4n) is 10.2. The molecule has 0 radical (unpaired) electrons. The molecule has 0 saturated carbocycles. The number of carbonyl (C=O) groups is 5. The highest BCUT2D eigenvalue weighted by Crippen LogP contribution is 2.37. The number of nitrogens with one attached hydrogen (secondary N) is 3. The molecule has 4 atom stereocenters. The van der Waals surface area contributed by atoms with E-state index in [0.29, 0.717) is 60.3 Å². The monoisotopic (exact) mass is 1020 g/mol. The number of rotatable bonds is 16. The number of amides is 5. The van der Waals surface area contributed by atoms with E-state index < -0.39 is 29.5 Å². The summed E-state index contributed by atoms with van der Waals surface area (Å²) in [6.07, 6.45) is 6.44. The Labute approximate surface area is 434 Å². The lowest BCUT2D eigenvalue weighted by Gasteiger charge is -2.36. The van der Waals surface area contributed by atoms with Crippen LogP contribution in [0.2, 0.25) is 0 Å². The van der Waals surface area contributed by atoms with Crippen molar-refractivity contribution in [2.45, 2.75) is 90.6 Å². The van der Waals surface area contributed by atoms with Gasteiger partial charge in [0.2, 0.25) is 23.6 Å². The van der Waals surface area contributed by atoms with Gasteiger partial charge < -0.3 is 46.4 Å². The number of aliphatic hydroxyl groups is 1. The molecule has 0 spiro atoms. The minimum absolute atomic E-state index is 0.00150.